The molecule has 2 aromatic carbocycles. The Balaban J connectivity index is 2.05. The van der Waals surface area contributed by atoms with E-state index in [1.807, 2.05) is 64.1 Å². The van der Waals surface area contributed by atoms with Crippen LogP contribution in [0.3, 0.4) is 0 Å². The topological polar surface area (TPSA) is 66.9 Å². The first kappa shape index (κ1) is 21.6. The lowest BCUT2D eigenvalue weighted by atomic mass is 10.0. The molecule has 0 atom stereocenters. The highest BCUT2D eigenvalue weighted by molar-refractivity contribution is 5.93. The molecule has 0 fully saturated rings. The number of hydrogen-bond donors (Lipinski definition) is 0. The van der Waals surface area contributed by atoms with Crippen molar-refractivity contribution in [3.8, 4) is 17.2 Å². The maximum Gasteiger partial charge on any atom is 0.513 e. The van der Waals surface area contributed by atoms with Crippen LogP contribution in [-0.2, 0) is 15.9 Å². The third-order valence-electron chi connectivity index (χ3n) is 4.89. The number of nitrogens with zero attached hydrogens (tertiary/aromatic N) is 1. The fourth-order valence-electron chi connectivity index (χ4n) is 3.32. The number of methoxy groups -OCH3 is 1. The predicted molar refractivity (Wildman–Crippen MR) is 116 cm³/mol. The molecule has 0 amide bonds. The summed E-state index contributed by atoms with van der Waals surface area (Å²) in [6, 6.07) is 11.6. The second kappa shape index (κ2) is 9.59. The molecule has 6 nitrogen and oxygen atoms in total. The maximum atomic E-state index is 12.3. The molecule has 1 heterocycles. The molecule has 0 aliphatic rings. The van der Waals surface area contributed by atoms with Crippen LogP contribution < -0.4 is 9.47 Å². The molecule has 30 heavy (non-hydrogen) atoms. The molecule has 0 aliphatic heterocycles. The van der Waals surface area contributed by atoms with Crippen LogP contribution in [0.1, 0.15) is 29.3 Å². The number of aromatic nitrogens is 1. The molecule has 0 saturated carbocycles. The highest BCUT2D eigenvalue weighted by Gasteiger charge is 2.20. The van der Waals surface area contributed by atoms with Gasteiger partial charge in [-0.2, -0.15) is 0 Å². The van der Waals surface area contributed by atoms with Crippen molar-refractivity contribution < 1.29 is 23.7 Å². The molecular formula is C24H27NO5. The molecule has 0 radical (unpaired) electrons. The number of aryl methyl sites for hydroxylation is 3. The van der Waals surface area contributed by atoms with Gasteiger partial charge >= 0.3 is 6.16 Å². The van der Waals surface area contributed by atoms with Crippen molar-refractivity contribution in [3.63, 3.8) is 0 Å². The van der Waals surface area contributed by atoms with E-state index in [0.717, 1.165) is 45.5 Å². The first-order chi connectivity index (χ1) is 14.4. The molecule has 0 unspecified atom stereocenters. The standard InChI is InChI=1S/C24H27NO5/c1-6-19-16(3)23(30-24(26)28-13-12-27-5)22-17(4)21(11-10-20(22)25-19)29-18-9-7-8-15(2)14-18/h7-11,14H,6,12-13H2,1-5H3. The average molecular weight is 409 g/mol. The predicted octanol–water partition coefficient (Wildman–Crippen LogP) is 5.68. The molecule has 0 bridgehead atoms. The van der Waals surface area contributed by atoms with Gasteiger partial charge in [-0.05, 0) is 57.0 Å². The summed E-state index contributed by atoms with van der Waals surface area (Å²) in [6.07, 6.45) is -0.0497. The number of hydrogen-bond acceptors (Lipinski definition) is 6. The van der Waals surface area contributed by atoms with Crippen LogP contribution in [0.15, 0.2) is 36.4 Å². The molecule has 0 saturated heterocycles. The van der Waals surface area contributed by atoms with Crippen molar-refractivity contribution in [2.75, 3.05) is 20.3 Å². The summed E-state index contributed by atoms with van der Waals surface area (Å²) < 4.78 is 21.8. The second-order valence-electron chi connectivity index (χ2n) is 7.06. The van der Waals surface area contributed by atoms with Crippen molar-refractivity contribution in [2.24, 2.45) is 0 Å². The smallest absolute Gasteiger partial charge is 0.457 e. The van der Waals surface area contributed by atoms with Gasteiger partial charge in [-0.1, -0.05) is 19.1 Å². The Morgan fingerprint density at radius 3 is 2.53 bits per heavy atom. The van der Waals surface area contributed by atoms with Gasteiger partial charge in [0.2, 0.25) is 0 Å². The first-order valence-electron chi connectivity index (χ1n) is 9.95. The maximum absolute atomic E-state index is 12.3. The zero-order valence-corrected chi connectivity index (χ0v) is 18.1. The largest absolute Gasteiger partial charge is 0.513 e. The second-order valence-corrected chi connectivity index (χ2v) is 7.06. The number of pyridine rings is 1. The minimum atomic E-state index is -0.769. The van der Waals surface area contributed by atoms with Gasteiger partial charge in [-0.25, -0.2) is 4.79 Å². The third kappa shape index (κ3) is 4.71. The van der Waals surface area contributed by atoms with Gasteiger partial charge in [0.1, 0.15) is 23.9 Å². The number of carbonyl (C=O) groups is 1. The quantitative estimate of drug-likeness (QED) is 0.370. The van der Waals surface area contributed by atoms with Crippen molar-refractivity contribution in [2.45, 2.75) is 34.1 Å². The minimum absolute atomic E-state index is 0.124. The molecule has 3 rings (SSSR count). The Hall–Kier alpha value is -3.12. The average Bonchev–Trinajstić information content (AvgIpc) is 2.72. The summed E-state index contributed by atoms with van der Waals surface area (Å²) >= 11 is 0. The van der Waals surface area contributed by atoms with Crippen molar-refractivity contribution in [1.29, 1.82) is 0 Å². The van der Waals surface area contributed by atoms with E-state index < -0.39 is 6.16 Å². The molecule has 0 N–H and O–H groups in total. The lowest BCUT2D eigenvalue weighted by Crippen LogP contribution is -2.15. The molecular weight excluding hydrogens is 382 g/mol. The first-order valence-corrected chi connectivity index (χ1v) is 9.95. The summed E-state index contributed by atoms with van der Waals surface area (Å²) in [7, 11) is 1.54. The summed E-state index contributed by atoms with van der Waals surface area (Å²) in [4.78, 5) is 17.0. The Morgan fingerprint density at radius 2 is 1.83 bits per heavy atom. The van der Waals surface area contributed by atoms with Crippen LogP contribution in [-0.4, -0.2) is 31.5 Å². The number of benzene rings is 2. The van der Waals surface area contributed by atoms with Crippen LogP contribution in [0.5, 0.6) is 17.2 Å². The van der Waals surface area contributed by atoms with Crippen molar-refractivity contribution in [3.05, 3.63) is 58.8 Å². The van der Waals surface area contributed by atoms with Crippen LogP contribution in [0.25, 0.3) is 10.9 Å². The minimum Gasteiger partial charge on any atom is -0.457 e. The molecule has 0 aliphatic carbocycles. The van der Waals surface area contributed by atoms with Crippen molar-refractivity contribution >= 4 is 17.1 Å². The number of fused-ring (bicyclic) bond motifs is 1. The van der Waals surface area contributed by atoms with Crippen LogP contribution >= 0.6 is 0 Å². The molecule has 158 valence electrons. The zero-order valence-electron chi connectivity index (χ0n) is 18.1. The van der Waals surface area contributed by atoms with Gasteiger partial charge < -0.3 is 18.9 Å². The van der Waals surface area contributed by atoms with Gasteiger partial charge in [0, 0.05) is 23.9 Å². The Morgan fingerprint density at radius 1 is 1.03 bits per heavy atom. The highest BCUT2D eigenvalue weighted by Crippen LogP contribution is 2.38. The van der Waals surface area contributed by atoms with Crippen LogP contribution in [0.4, 0.5) is 4.79 Å². The molecule has 0 spiro atoms. The highest BCUT2D eigenvalue weighted by atomic mass is 16.7. The third-order valence-corrected chi connectivity index (χ3v) is 4.89. The Labute approximate surface area is 176 Å². The fraction of sp³-hybridized carbons (Fsp3) is 0.333. The normalized spacial score (nSPS) is 10.8. The Kier molecular flexibility index (Phi) is 6.90. The lowest BCUT2D eigenvalue weighted by Gasteiger charge is -2.17. The van der Waals surface area contributed by atoms with Crippen LogP contribution in [0, 0.1) is 20.8 Å². The molecule has 3 aromatic rings. The van der Waals surface area contributed by atoms with Gasteiger partial charge in [-0.3, -0.25) is 4.98 Å². The van der Waals surface area contributed by atoms with E-state index in [4.69, 9.17) is 23.9 Å². The summed E-state index contributed by atoms with van der Waals surface area (Å²) in [5, 5.41) is 0.735. The van der Waals surface area contributed by atoms with Gasteiger partial charge in [0.25, 0.3) is 0 Å². The van der Waals surface area contributed by atoms with Gasteiger partial charge in [0.15, 0.2) is 0 Å². The molecule has 1 aromatic heterocycles. The van der Waals surface area contributed by atoms with E-state index in [2.05, 4.69) is 0 Å². The van der Waals surface area contributed by atoms with Gasteiger partial charge in [0.05, 0.1) is 17.5 Å². The SMILES string of the molecule is CCc1nc2ccc(Oc3cccc(C)c3)c(C)c2c(OC(=O)OCCOC)c1C. The van der Waals surface area contributed by atoms with E-state index in [1.54, 1.807) is 7.11 Å². The fourth-order valence-corrected chi connectivity index (χ4v) is 3.32. The zero-order chi connectivity index (χ0) is 21.7. The number of carbonyl (C=O) groups excluding carboxylic acids is 1. The van der Waals surface area contributed by atoms with E-state index in [0.29, 0.717) is 18.1 Å². The summed E-state index contributed by atoms with van der Waals surface area (Å²) in [5.74, 6) is 1.87. The van der Waals surface area contributed by atoms with E-state index in [9.17, 15) is 4.79 Å². The van der Waals surface area contributed by atoms with E-state index >= 15 is 0 Å². The summed E-state index contributed by atoms with van der Waals surface area (Å²) in [6.45, 7) is 8.29. The van der Waals surface area contributed by atoms with Gasteiger partial charge in [-0.15, -0.1) is 0 Å². The van der Waals surface area contributed by atoms with Crippen molar-refractivity contribution in [1.82, 2.24) is 4.98 Å². The lowest BCUT2D eigenvalue weighted by molar-refractivity contribution is 0.0687. The number of ether oxygens (including phenoxy) is 4. The summed E-state index contributed by atoms with van der Waals surface area (Å²) in [5.41, 5.74) is 4.37. The Bertz CT molecular complexity index is 1060. The molecule has 6 heteroatoms. The monoisotopic (exact) mass is 409 g/mol. The van der Waals surface area contributed by atoms with E-state index in [1.165, 1.54) is 0 Å². The number of rotatable bonds is 7. The van der Waals surface area contributed by atoms with Crippen LogP contribution in [0.2, 0.25) is 0 Å². The van der Waals surface area contributed by atoms with E-state index in [-0.39, 0.29) is 6.61 Å².